The van der Waals surface area contributed by atoms with E-state index in [0.717, 1.165) is 56.7 Å². The number of para-hydroxylation sites is 1. The summed E-state index contributed by atoms with van der Waals surface area (Å²) in [6.45, 7) is 12.9. The molecule has 0 amide bonds. The van der Waals surface area contributed by atoms with Crippen molar-refractivity contribution in [2.24, 2.45) is 0 Å². The fraction of sp³-hybridized carbons (Fsp3) is 0.378. The third-order valence-electron chi connectivity index (χ3n) is 11.5. The van der Waals surface area contributed by atoms with E-state index in [-0.39, 0.29) is 16.6 Å². The number of unbranched alkanes of at least 4 members (excludes halogenated alkanes) is 3. The van der Waals surface area contributed by atoms with Crippen LogP contribution in [-0.4, -0.2) is 62.3 Å². The number of benzene rings is 3. The Kier molecular flexibility index (Phi) is 12.9. The third kappa shape index (κ3) is 8.94. The van der Waals surface area contributed by atoms with Crippen LogP contribution in [-0.2, 0) is 20.9 Å². The summed E-state index contributed by atoms with van der Waals surface area (Å²) in [5, 5.41) is 13.7. The van der Waals surface area contributed by atoms with Gasteiger partial charge < -0.3 is 9.45 Å². The van der Waals surface area contributed by atoms with Crippen LogP contribution in [0.25, 0.3) is 5.69 Å². The van der Waals surface area contributed by atoms with Crippen molar-refractivity contribution in [2.45, 2.75) is 95.6 Å². The molecule has 304 valence electrons. The SMILES string of the molecule is CCCCC[N+]1=C(/C=C/C2=C(Sc3nnnn3-c3ccccc3)C(=C/C=C3/N(CCCCS(=O)(=O)[O-])c4ccc(Br)cc4C3(C)C)/CC2)C(C)(C)c2cc(Br)ccc21. The van der Waals surface area contributed by atoms with Gasteiger partial charge in [-0.15, -0.1) is 5.10 Å². The van der Waals surface area contributed by atoms with E-state index < -0.39 is 10.1 Å². The topological polar surface area (TPSA) is 107 Å². The van der Waals surface area contributed by atoms with Gasteiger partial charge in [0.1, 0.15) is 6.54 Å². The zero-order valence-electron chi connectivity index (χ0n) is 33.7. The lowest BCUT2D eigenvalue weighted by Gasteiger charge is -2.27. The molecule has 13 heteroatoms. The molecule has 9 nitrogen and oxygen atoms in total. The average Bonchev–Trinajstić information content (AvgIpc) is 3.90. The largest absolute Gasteiger partial charge is 0.748 e. The fourth-order valence-corrected chi connectivity index (χ4v) is 10.8. The van der Waals surface area contributed by atoms with Gasteiger partial charge >= 0.3 is 0 Å². The van der Waals surface area contributed by atoms with E-state index in [1.807, 2.05) is 36.4 Å². The molecule has 1 aromatic heterocycles. The minimum Gasteiger partial charge on any atom is -0.748 e. The van der Waals surface area contributed by atoms with Gasteiger partial charge in [0.25, 0.3) is 0 Å². The molecule has 3 heterocycles. The molecular weight excluding hydrogens is 896 g/mol. The average molecular weight is 947 g/mol. The van der Waals surface area contributed by atoms with Crippen LogP contribution in [0.1, 0.15) is 90.7 Å². The molecule has 0 atom stereocenters. The second kappa shape index (κ2) is 17.5. The van der Waals surface area contributed by atoms with Gasteiger partial charge in [-0.3, -0.25) is 0 Å². The minimum absolute atomic E-state index is 0.186. The van der Waals surface area contributed by atoms with Crippen LogP contribution >= 0.6 is 43.6 Å². The van der Waals surface area contributed by atoms with E-state index in [1.165, 1.54) is 46.5 Å². The third-order valence-corrected chi connectivity index (χ3v) is 14.4. The molecule has 58 heavy (non-hydrogen) atoms. The molecule has 0 saturated carbocycles. The Hall–Kier alpha value is -3.62. The van der Waals surface area contributed by atoms with E-state index in [4.69, 9.17) is 0 Å². The molecule has 7 rings (SSSR count). The number of anilines is 1. The molecule has 3 aromatic carbocycles. The lowest BCUT2D eigenvalue weighted by Crippen LogP contribution is -2.28. The van der Waals surface area contributed by atoms with E-state index in [1.54, 1.807) is 16.4 Å². The first kappa shape index (κ1) is 42.5. The van der Waals surface area contributed by atoms with Crippen LogP contribution in [0.15, 0.2) is 127 Å². The summed E-state index contributed by atoms with van der Waals surface area (Å²) in [5.41, 5.74) is 10.1. The minimum atomic E-state index is -4.27. The molecule has 3 aliphatic rings. The lowest BCUT2D eigenvalue weighted by molar-refractivity contribution is -0.438. The Bertz CT molecular complexity index is 2470. The van der Waals surface area contributed by atoms with Gasteiger partial charge in [0.2, 0.25) is 10.8 Å². The van der Waals surface area contributed by atoms with Gasteiger partial charge in [-0.2, -0.15) is 9.26 Å². The Morgan fingerprint density at radius 3 is 2.36 bits per heavy atom. The van der Waals surface area contributed by atoms with Crippen molar-refractivity contribution in [1.29, 1.82) is 0 Å². The predicted octanol–water partition coefficient (Wildman–Crippen LogP) is 11.1. The highest BCUT2D eigenvalue weighted by molar-refractivity contribution is 9.10. The Morgan fingerprint density at radius 2 is 1.62 bits per heavy atom. The zero-order valence-corrected chi connectivity index (χ0v) is 38.5. The molecular formula is C45H50Br2N6O3S2. The van der Waals surface area contributed by atoms with E-state index >= 15 is 0 Å². The van der Waals surface area contributed by atoms with Crippen molar-refractivity contribution in [2.75, 3.05) is 23.7 Å². The van der Waals surface area contributed by atoms with Crippen LogP contribution in [0.4, 0.5) is 11.4 Å². The number of aromatic nitrogens is 4. The normalized spacial score (nSPS) is 18.7. The second-order valence-electron chi connectivity index (χ2n) is 16.2. The van der Waals surface area contributed by atoms with E-state index in [0.29, 0.717) is 24.5 Å². The molecule has 0 bridgehead atoms. The first-order valence-corrected chi connectivity index (χ1v) is 24.0. The standard InChI is InChI=1S/C45H50Br2N6O3S2/c1-6-7-11-26-51-38-22-20-33(46)29-36(38)44(2,3)40(51)24-18-31-16-17-32(42(31)57-43-48-49-50-53(43)35-14-9-8-10-15-35)19-25-41-45(4,5)37-30-34(47)21-23-39(37)52(41)27-12-13-28-58(54,55)56/h8-10,14-15,18-25,29-30H,6-7,11-13,16-17,26-28H2,1-5H3. The van der Waals surface area contributed by atoms with Crippen LogP contribution in [0, 0.1) is 0 Å². The number of thioether (sulfide) groups is 1. The van der Waals surface area contributed by atoms with Crippen molar-refractivity contribution < 1.29 is 17.5 Å². The number of halogens is 2. The van der Waals surface area contributed by atoms with Crippen molar-refractivity contribution >= 4 is 70.8 Å². The summed E-state index contributed by atoms with van der Waals surface area (Å²) in [6, 6.07) is 23.0. The number of allylic oxidation sites excluding steroid dienone is 7. The Balaban J connectivity index is 1.30. The summed E-state index contributed by atoms with van der Waals surface area (Å²) in [4.78, 5) is 3.43. The highest BCUT2D eigenvalue weighted by Gasteiger charge is 2.44. The number of tetrazole rings is 1. The molecule has 0 radical (unpaired) electrons. The number of fused-ring (bicyclic) bond motifs is 2. The van der Waals surface area contributed by atoms with Crippen molar-refractivity contribution in [1.82, 2.24) is 20.2 Å². The smallest absolute Gasteiger partial charge is 0.218 e. The maximum absolute atomic E-state index is 11.4. The molecule has 0 N–H and O–H groups in total. The summed E-state index contributed by atoms with van der Waals surface area (Å²) in [6.07, 6.45) is 15.2. The number of hydrogen-bond acceptors (Lipinski definition) is 8. The van der Waals surface area contributed by atoms with Gasteiger partial charge in [-0.1, -0.05) is 89.4 Å². The number of nitrogens with zero attached hydrogens (tertiary/aromatic N) is 6. The van der Waals surface area contributed by atoms with Gasteiger partial charge in [-0.25, -0.2) is 8.42 Å². The number of hydrogen-bond donors (Lipinski definition) is 0. The zero-order chi connectivity index (χ0) is 41.2. The first-order valence-electron chi connectivity index (χ1n) is 20.0. The van der Waals surface area contributed by atoms with Crippen molar-refractivity contribution in [3.05, 3.63) is 133 Å². The van der Waals surface area contributed by atoms with E-state index in [2.05, 4.69) is 146 Å². The van der Waals surface area contributed by atoms with Crippen LogP contribution in [0.5, 0.6) is 0 Å². The van der Waals surface area contributed by atoms with Gasteiger partial charge in [0.15, 0.2) is 5.71 Å². The predicted molar refractivity (Wildman–Crippen MR) is 241 cm³/mol. The molecule has 0 saturated heterocycles. The van der Waals surface area contributed by atoms with Gasteiger partial charge in [0.05, 0.1) is 21.2 Å². The maximum atomic E-state index is 11.4. The molecule has 0 fully saturated rings. The molecule has 4 aromatic rings. The first-order chi connectivity index (χ1) is 27.7. The van der Waals surface area contributed by atoms with Gasteiger partial charge in [-0.05, 0) is 133 Å². The molecule has 0 spiro atoms. The summed E-state index contributed by atoms with van der Waals surface area (Å²) >= 11 is 9.02. The molecule has 2 aliphatic heterocycles. The highest BCUT2D eigenvalue weighted by Crippen LogP contribution is 2.50. The summed E-state index contributed by atoms with van der Waals surface area (Å²) in [7, 11) is -4.27. The fourth-order valence-electron chi connectivity index (χ4n) is 8.42. The van der Waals surface area contributed by atoms with Gasteiger partial charge in [0, 0.05) is 67.1 Å². The van der Waals surface area contributed by atoms with Crippen molar-refractivity contribution in [3.63, 3.8) is 0 Å². The molecule has 1 aliphatic carbocycles. The van der Waals surface area contributed by atoms with Crippen LogP contribution in [0.2, 0.25) is 0 Å². The summed E-state index contributed by atoms with van der Waals surface area (Å²) < 4.78 is 40.7. The monoisotopic (exact) mass is 944 g/mol. The highest BCUT2D eigenvalue weighted by atomic mass is 79.9. The molecule has 0 unspecified atom stereocenters. The van der Waals surface area contributed by atoms with E-state index in [9.17, 15) is 13.0 Å². The van der Waals surface area contributed by atoms with Crippen molar-refractivity contribution in [3.8, 4) is 5.69 Å². The number of rotatable bonds is 15. The van der Waals surface area contributed by atoms with Crippen LogP contribution < -0.4 is 4.90 Å². The van der Waals surface area contributed by atoms with Crippen LogP contribution in [0.3, 0.4) is 0 Å². The second-order valence-corrected chi connectivity index (χ2v) is 20.5. The maximum Gasteiger partial charge on any atom is 0.218 e. The Morgan fingerprint density at radius 1 is 0.879 bits per heavy atom. The summed E-state index contributed by atoms with van der Waals surface area (Å²) in [5.74, 6) is -0.360. The lowest BCUT2D eigenvalue weighted by atomic mass is 9.81. The quantitative estimate of drug-likeness (QED) is 0.0659. The Labute approximate surface area is 364 Å².